The summed E-state index contributed by atoms with van der Waals surface area (Å²) in [5, 5.41) is 10.6. The Bertz CT molecular complexity index is 1010. The van der Waals surface area contributed by atoms with Crippen molar-refractivity contribution in [1.29, 1.82) is 0 Å². The molecule has 0 saturated carbocycles. The Morgan fingerprint density at radius 2 is 1.33 bits per heavy atom. The molecule has 1 aliphatic rings. The molecule has 192 valence electrons. The molecule has 1 saturated heterocycles. The SMILES string of the molecule is COc1ccc(CC(O)CN2CCN(CCSC(c3ccc(F)cc3)c3ccc(F)cc3)CC2)cc1. The van der Waals surface area contributed by atoms with Gasteiger partial charge in [-0.1, -0.05) is 36.4 Å². The molecule has 1 N–H and O–H groups in total. The van der Waals surface area contributed by atoms with Gasteiger partial charge in [0.15, 0.2) is 0 Å². The zero-order chi connectivity index (χ0) is 25.3. The van der Waals surface area contributed by atoms with Gasteiger partial charge in [0.25, 0.3) is 0 Å². The highest BCUT2D eigenvalue weighted by molar-refractivity contribution is 7.99. The number of hydrogen-bond acceptors (Lipinski definition) is 5. The molecule has 0 spiro atoms. The maximum absolute atomic E-state index is 13.5. The summed E-state index contributed by atoms with van der Waals surface area (Å²) < 4.78 is 32.1. The first-order chi connectivity index (χ1) is 17.5. The minimum Gasteiger partial charge on any atom is -0.497 e. The average Bonchev–Trinajstić information content (AvgIpc) is 2.89. The molecule has 0 aromatic heterocycles. The molecule has 3 aromatic rings. The lowest BCUT2D eigenvalue weighted by atomic mass is 10.0. The number of thioether (sulfide) groups is 1. The fourth-order valence-corrected chi connectivity index (χ4v) is 5.85. The van der Waals surface area contributed by atoms with Crippen LogP contribution in [0.5, 0.6) is 5.75 Å². The first-order valence-corrected chi connectivity index (χ1v) is 13.4. The van der Waals surface area contributed by atoms with Gasteiger partial charge in [0.2, 0.25) is 0 Å². The molecule has 1 atom stereocenters. The molecule has 0 amide bonds. The Kier molecular flexibility index (Phi) is 9.75. The van der Waals surface area contributed by atoms with E-state index in [1.54, 1.807) is 18.9 Å². The van der Waals surface area contributed by atoms with Gasteiger partial charge >= 0.3 is 0 Å². The van der Waals surface area contributed by atoms with Crippen molar-refractivity contribution in [3.05, 3.63) is 101 Å². The van der Waals surface area contributed by atoms with Crippen LogP contribution in [0.1, 0.15) is 21.9 Å². The molecular formula is C29H34F2N2O2S. The molecule has 36 heavy (non-hydrogen) atoms. The lowest BCUT2D eigenvalue weighted by molar-refractivity contribution is 0.0750. The normalized spacial score (nSPS) is 15.8. The largest absolute Gasteiger partial charge is 0.497 e. The summed E-state index contributed by atoms with van der Waals surface area (Å²) in [6, 6.07) is 21.0. The third-order valence-corrected chi connectivity index (χ3v) is 7.90. The summed E-state index contributed by atoms with van der Waals surface area (Å²) in [6.07, 6.45) is 0.238. The minimum atomic E-state index is -0.396. The summed E-state index contributed by atoms with van der Waals surface area (Å²) >= 11 is 1.80. The van der Waals surface area contributed by atoms with Crippen molar-refractivity contribution in [2.75, 3.05) is 52.1 Å². The third kappa shape index (κ3) is 7.77. The van der Waals surface area contributed by atoms with Crippen molar-refractivity contribution < 1.29 is 18.6 Å². The van der Waals surface area contributed by atoms with Crippen molar-refractivity contribution in [2.24, 2.45) is 0 Å². The van der Waals surface area contributed by atoms with E-state index >= 15 is 0 Å². The maximum Gasteiger partial charge on any atom is 0.123 e. The number of β-amino-alcohol motifs (C(OH)–C–C–N with tert-alkyl or cyclic N) is 1. The zero-order valence-electron chi connectivity index (χ0n) is 20.7. The number of rotatable bonds is 11. The Labute approximate surface area is 216 Å². The van der Waals surface area contributed by atoms with Crippen molar-refractivity contribution in [3.8, 4) is 5.75 Å². The summed E-state index contributed by atoms with van der Waals surface area (Å²) in [5.74, 6) is 1.23. The molecule has 4 rings (SSSR count). The Hall–Kier alpha value is -2.45. The van der Waals surface area contributed by atoms with E-state index in [2.05, 4.69) is 9.80 Å². The lowest BCUT2D eigenvalue weighted by Crippen LogP contribution is -2.49. The van der Waals surface area contributed by atoms with E-state index in [0.717, 1.165) is 60.9 Å². The Balaban J connectivity index is 1.22. The van der Waals surface area contributed by atoms with Crippen LogP contribution in [0, 0.1) is 11.6 Å². The van der Waals surface area contributed by atoms with E-state index in [1.807, 2.05) is 48.5 Å². The molecule has 1 fully saturated rings. The van der Waals surface area contributed by atoms with Crippen LogP contribution in [0.3, 0.4) is 0 Å². The first-order valence-electron chi connectivity index (χ1n) is 12.4. The number of aliphatic hydroxyl groups is 1. The van der Waals surface area contributed by atoms with Gasteiger partial charge in [-0.3, -0.25) is 9.80 Å². The predicted octanol–water partition coefficient (Wildman–Crippen LogP) is 5.02. The van der Waals surface area contributed by atoms with E-state index in [9.17, 15) is 13.9 Å². The number of halogens is 2. The van der Waals surface area contributed by atoms with E-state index in [0.29, 0.717) is 13.0 Å². The van der Waals surface area contributed by atoms with Gasteiger partial charge in [-0.05, 0) is 59.5 Å². The van der Waals surface area contributed by atoms with Crippen molar-refractivity contribution in [1.82, 2.24) is 9.80 Å². The van der Waals surface area contributed by atoms with Crippen LogP contribution in [0.15, 0.2) is 72.8 Å². The highest BCUT2D eigenvalue weighted by Crippen LogP contribution is 2.35. The van der Waals surface area contributed by atoms with Gasteiger partial charge in [-0.25, -0.2) is 8.78 Å². The number of ether oxygens (including phenoxy) is 1. The molecule has 1 aliphatic heterocycles. The second-order valence-corrected chi connectivity index (χ2v) is 10.4. The van der Waals surface area contributed by atoms with Gasteiger partial charge in [0, 0.05) is 45.0 Å². The molecular weight excluding hydrogens is 478 g/mol. The van der Waals surface area contributed by atoms with Crippen LogP contribution in [-0.2, 0) is 6.42 Å². The monoisotopic (exact) mass is 512 g/mol. The average molecular weight is 513 g/mol. The molecule has 1 heterocycles. The molecule has 1 unspecified atom stereocenters. The molecule has 0 aliphatic carbocycles. The van der Waals surface area contributed by atoms with Gasteiger partial charge < -0.3 is 9.84 Å². The lowest BCUT2D eigenvalue weighted by Gasteiger charge is -2.35. The number of aliphatic hydroxyl groups excluding tert-OH is 1. The molecule has 0 bridgehead atoms. The zero-order valence-corrected chi connectivity index (χ0v) is 21.5. The predicted molar refractivity (Wildman–Crippen MR) is 143 cm³/mol. The van der Waals surface area contributed by atoms with Crippen molar-refractivity contribution >= 4 is 11.8 Å². The third-order valence-electron chi connectivity index (χ3n) is 6.60. The number of hydrogen-bond donors (Lipinski definition) is 1. The van der Waals surface area contributed by atoms with E-state index in [-0.39, 0.29) is 16.9 Å². The molecule has 7 heteroatoms. The number of methoxy groups -OCH3 is 1. The van der Waals surface area contributed by atoms with Gasteiger partial charge in [-0.15, -0.1) is 11.8 Å². The summed E-state index contributed by atoms with van der Waals surface area (Å²) in [7, 11) is 1.65. The second kappa shape index (κ2) is 13.2. The number of piperazine rings is 1. The van der Waals surface area contributed by atoms with Crippen LogP contribution < -0.4 is 4.74 Å². The molecule has 0 radical (unpaired) electrons. The highest BCUT2D eigenvalue weighted by Gasteiger charge is 2.21. The molecule has 4 nitrogen and oxygen atoms in total. The maximum atomic E-state index is 13.5. The minimum absolute atomic E-state index is 0.0283. The van der Waals surface area contributed by atoms with E-state index in [1.165, 1.54) is 24.3 Å². The van der Waals surface area contributed by atoms with Crippen molar-refractivity contribution in [2.45, 2.75) is 17.8 Å². The van der Waals surface area contributed by atoms with Crippen LogP contribution >= 0.6 is 11.8 Å². The summed E-state index contributed by atoms with van der Waals surface area (Å²) in [5.41, 5.74) is 3.14. The topological polar surface area (TPSA) is 35.9 Å². The van der Waals surface area contributed by atoms with E-state index in [4.69, 9.17) is 4.74 Å². The fourth-order valence-electron chi connectivity index (χ4n) is 4.55. The van der Waals surface area contributed by atoms with Gasteiger partial charge in [0.1, 0.15) is 17.4 Å². The quantitative estimate of drug-likeness (QED) is 0.391. The van der Waals surface area contributed by atoms with Gasteiger partial charge in [-0.2, -0.15) is 0 Å². The summed E-state index contributed by atoms with van der Waals surface area (Å²) in [6.45, 7) is 5.42. The standard InChI is InChI=1S/C29H34F2N2O2S/c1-35-28-12-2-22(3-13-28)20-27(34)21-33-16-14-32(15-17-33)18-19-36-29(23-4-8-25(30)9-5-23)24-6-10-26(31)11-7-24/h2-13,27,29,34H,14-21H2,1H3. The van der Waals surface area contributed by atoms with E-state index < -0.39 is 6.10 Å². The smallest absolute Gasteiger partial charge is 0.123 e. The Morgan fingerprint density at radius 1 is 0.806 bits per heavy atom. The second-order valence-electron chi connectivity index (χ2n) is 9.20. The molecule has 3 aromatic carbocycles. The van der Waals surface area contributed by atoms with Crippen molar-refractivity contribution in [3.63, 3.8) is 0 Å². The van der Waals surface area contributed by atoms with Crippen LogP contribution in [-0.4, -0.2) is 73.1 Å². The number of nitrogens with zero attached hydrogens (tertiary/aromatic N) is 2. The Morgan fingerprint density at radius 3 is 1.86 bits per heavy atom. The van der Waals surface area contributed by atoms with Crippen LogP contribution in [0.4, 0.5) is 8.78 Å². The fraction of sp³-hybridized carbons (Fsp3) is 0.379. The highest BCUT2D eigenvalue weighted by atomic mass is 32.2. The van der Waals surface area contributed by atoms with Crippen LogP contribution in [0.2, 0.25) is 0 Å². The number of benzene rings is 3. The summed E-state index contributed by atoms with van der Waals surface area (Å²) in [4.78, 5) is 4.78. The van der Waals surface area contributed by atoms with Crippen LogP contribution in [0.25, 0.3) is 0 Å². The first kappa shape index (κ1) is 26.6. The van der Waals surface area contributed by atoms with Gasteiger partial charge in [0.05, 0.1) is 18.5 Å².